The molecular weight excluding hydrogens is 349 g/mol. The van der Waals surface area contributed by atoms with Crippen LogP contribution >= 0.6 is 9.24 Å². The minimum atomic E-state index is -0.0919. The quantitative estimate of drug-likeness (QED) is 0.281. The fourth-order valence-electron chi connectivity index (χ4n) is 1.60. The summed E-state index contributed by atoms with van der Waals surface area (Å²) >= 11 is 0. The molecule has 0 aliphatic heterocycles. The molecule has 3 aromatic carbocycles. The van der Waals surface area contributed by atoms with Crippen LogP contribution in [0.5, 0.6) is 11.5 Å². The Morgan fingerprint density at radius 1 is 0.957 bits per heavy atom. The zero-order valence-electron chi connectivity index (χ0n) is 12.7. The SMILES string of the molecule is NCCc1ccc(O)c(O)c1.P[c-]1cccc1.[Fe].[cH-]1[cH-][cH-][cH-][cH-]1. The van der Waals surface area contributed by atoms with Crippen LogP contribution in [-0.4, -0.2) is 16.8 Å². The van der Waals surface area contributed by atoms with Gasteiger partial charge in [0, 0.05) is 17.1 Å². The van der Waals surface area contributed by atoms with Crippen LogP contribution in [0.15, 0.2) is 72.8 Å². The second-order valence-corrected chi connectivity index (χ2v) is 5.21. The van der Waals surface area contributed by atoms with E-state index in [1.54, 1.807) is 6.07 Å². The fourth-order valence-corrected chi connectivity index (χ4v) is 1.82. The monoisotopic (exact) mass is 371 g/mol. The molecule has 0 radical (unpaired) electrons. The molecule has 23 heavy (non-hydrogen) atoms. The average molecular weight is 371 g/mol. The molecule has 1 atom stereocenters. The van der Waals surface area contributed by atoms with Gasteiger partial charge in [-0.3, -0.25) is 0 Å². The Bertz CT molecular complexity index is 593. The Labute approximate surface area is 150 Å². The molecule has 3 rings (SSSR count). The third kappa shape index (κ3) is 9.93. The van der Waals surface area contributed by atoms with Crippen molar-refractivity contribution >= 4 is 14.5 Å². The summed E-state index contributed by atoms with van der Waals surface area (Å²) in [5.41, 5.74) is 6.24. The van der Waals surface area contributed by atoms with E-state index in [0.717, 1.165) is 5.56 Å². The van der Waals surface area contributed by atoms with Crippen LogP contribution in [-0.2, 0) is 23.5 Å². The second-order valence-electron chi connectivity index (χ2n) is 4.54. The van der Waals surface area contributed by atoms with E-state index < -0.39 is 0 Å². The van der Waals surface area contributed by atoms with Gasteiger partial charge in [0.05, 0.1) is 0 Å². The summed E-state index contributed by atoms with van der Waals surface area (Å²) in [6.45, 7) is 0.546. The smallest absolute Gasteiger partial charge is 0.157 e. The van der Waals surface area contributed by atoms with Crippen molar-refractivity contribution in [3.63, 3.8) is 0 Å². The molecule has 0 fully saturated rings. The zero-order valence-corrected chi connectivity index (χ0v) is 15.0. The maximum atomic E-state index is 9.04. The molecule has 0 aliphatic rings. The van der Waals surface area contributed by atoms with E-state index in [0.29, 0.717) is 13.0 Å². The van der Waals surface area contributed by atoms with Crippen LogP contribution in [0.3, 0.4) is 0 Å². The van der Waals surface area contributed by atoms with E-state index in [9.17, 15) is 0 Å². The summed E-state index contributed by atoms with van der Waals surface area (Å²) < 4.78 is 0. The van der Waals surface area contributed by atoms with Crippen molar-refractivity contribution in [2.24, 2.45) is 5.73 Å². The molecule has 0 saturated heterocycles. The molecule has 0 bridgehead atoms. The van der Waals surface area contributed by atoms with Crippen molar-refractivity contribution in [2.75, 3.05) is 6.54 Å². The Morgan fingerprint density at radius 2 is 1.48 bits per heavy atom. The Hall–Kier alpha value is -1.57. The summed E-state index contributed by atoms with van der Waals surface area (Å²) in [7, 11) is 2.62. The molecule has 130 valence electrons. The maximum absolute atomic E-state index is 9.04. The van der Waals surface area contributed by atoms with E-state index in [2.05, 4.69) is 9.24 Å². The van der Waals surface area contributed by atoms with E-state index in [1.165, 1.54) is 17.4 Å². The van der Waals surface area contributed by atoms with Crippen molar-refractivity contribution in [3.8, 4) is 11.5 Å². The first-order valence-electron chi connectivity index (χ1n) is 6.98. The first-order valence-corrected chi connectivity index (χ1v) is 7.56. The average Bonchev–Trinajstić information content (AvgIpc) is 3.20. The van der Waals surface area contributed by atoms with Crippen LogP contribution in [0.1, 0.15) is 5.56 Å². The van der Waals surface area contributed by atoms with Gasteiger partial charge in [0.2, 0.25) is 0 Å². The summed E-state index contributed by atoms with van der Waals surface area (Å²) in [5, 5.41) is 19.2. The first-order chi connectivity index (χ1) is 10.6. The third-order valence-electron chi connectivity index (χ3n) is 2.72. The van der Waals surface area contributed by atoms with Crippen LogP contribution < -0.4 is 11.0 Å². The minimum Gasteiger partial charge on any atom is -0.748 e. The second kappa shape index (κ2) is 12.9. The molecule has 5 heteroatoms. The molecule has 0 amide bonds. The first kappa shape index (κ1) is 21.4. The van der Waals surface area contributed by atoms with Crippen LogP contribution in [0.25, 0.3) is 0 Å². The minimum absolute atomic E-state index is 0. The van der Waals surface area contributed by atoms with Crippen molar-refractivity contribution in [3.05, 3.63) is 78.4 Å². The van der Waals surface area contributed by atoms with Crippen molar-refractivity contribution in [2.45, 2.75) is 6.42 Å². The number of benzene rings is 1. The molecule has 3 aromatic rings. The summed E-state index contributed by atoms with van der Waals surface area (Å²) in [6.07, 6.45) is 0.716. The number of hydrogen-bond acceptors (Lipinski definition) is 3. The molecular formula is C18H22FeNO2P-6. The molecule has 0 aliphatic carbocycles. The Balaban J connectivity index is 0.000000340. The van der Waals surface area contributed by atoms with Crippen LogP contribution in [0.2, 0.25) is 0 Å². The molecule has 0 spiro atoms. The number of nitrogens with two attached hydrogens (primary N) is 1. The number of phenols is 2. The van der Waals surface area contributed by atoms with E-state index in [1.807, 2.05) is 54.6 Å². The van der Waals surface area contributed by atoms with E-state index in [-0.39, 0.29) is 28.6 Å². The van der Waals surface area contributed by atoms with Gasteiger partial charge < -0.3 is 46.3 Å². The molecule has 4 N–H and O–H groups in total. The largest absolute Gasteiger partial charge is 0.748 e. The predicted octanol–water partition coefficient (Wildman–Crippen LogP) is 2.91. The molecule has 0 heterocycles. The van der Waals surface area contributed by atoms with Crippen molar-refractivity contribution < 1.29 is 27.3 Å². The number of hydrogen-bond donors (Lipinski definition) is 3. The molecule has 1 unspecified atom stereocenters. The Kier molecular flexibility index (Phi) is 12.0. The zero-order chi connectivity index (χ0) is 16.2. The van der Waals surface area contributed by atoms with E-state index >= 15 is 0 Å². The van der Waals surface area contributed by atoms with Gasteiger partial charge in [-0.25, -0.2) is 12.1 Å². The van der Waals surface area contributed by atoms with Gasteiger partial charge in [0.15, 0.2) is 11.5 Å². The fraction of sp³-hybridized carbons (Fsp3) is 0.111. The van der Waals surface area contributed by atoms with Gasteiger partial charge in [0.25, 0.3) is 0 Å². The third-order valence-corrected chi connectivity index (χ3v) is 3.10. The Morgan fingerprint density at radius 3 is 1.83 bits per heavy atom. The molecule has 0 saturated carbocycles. The van der Waals surface area contributed by atoms with Crippen molar-refractivity contribution in [1.82, 2.24) is 0 Å². The molecule has 0 aromatic heterocycles. The number of aromatic hydroxyl groups is 2. The van der Waals surface area contributed by atoms with Crippen molar-refractivity contribution in [1.29, 1.82) is 0 Å². The topological polar surface area (TPSA) is 66.5 Å². The van der Waals surface area contributed by atoms with Gasteiger partial charge in [-0.2, -0.15) is 21.4 Å². The number of rotatable bonds is 2. The van der Waals surface area contributed by atoms with Gasteiger partial charge in [0.1, 0.15) is 0 Å². The maximum Gasteiger partial charge on any atom is 0.157 e. The standard InChI is InChI=1S/C8H11NO2.C5H6P.C5H5.Fe/c9-4-3-6-1-2-7(10)8(11)5-6;6-5-3-1-2-4-5;1-2-4-5-3-1;/h1-2,5,10-11H,3-4,9H2;1-4H,6H2;1-5H;/q;-1;-5;. The summed E-state index contributed by atoms with van der Waals surface area (Å²) in [6, 6.07) is 22.8. The molecule has 3 nitrogen and oxygen atoms in total. The summed E-state index contributed by atoms with van der Waals surface area (Å²) in [4.78, 5) is 0. The predicted molar refractivity (Wildman–Crippen MR) is 95.9 cm³/mol. The normalized spacial score (nSPS) is 8.78. The van der Waals surface area contributed by atoms with Gasteiger partial charge >= 0.3 is 0 Å². The summed E-state index contributed by atoms with van der Waals surface area (Å²) in [5.74, 6) is -0.179. The number of phenolic OH excluding ortho intramolecular Hbond substituents is 2. The van der Waals surface area contributed by atoms with Gasteiger partial charge in [-0.1, -0.05) is 6.07 Å². The van der Waals surface area contributed by atoms with Crippen LogP contribution in [0.4, 0.5) is 0 Å². The van der Waals surface area contributed by atoms with Gasteiger partial charge in [-0.15, -0.1) is 5.30 Å². The van der Waals surface area contributed by atoms with E-state index in [4.69, 9.17) is 15.9 Å². The van der Waals surface area contributed by atoms with Crippen LogP contribution in [0, 0.1) is 0 Å². The van der Waals surface area contributed by atoms with Gasteiger partial charge in [-0.05, 0) is 30.7 Å².